The van der Waals surface area contributed by atoms with E-state index in [9.17, 15) is 9.90 Å². The predicted molar refractivity (Wildman–Crippen MR) is 83.2 cm³/mol. The molecule has 1 aromatic rings. The van der Waals surface area contributed by atoms with Gasteiger partial charge in [0.05, 0.1) is 31.9 Å². The number of alkyl carbamates (subject to hydrolysis) is 1. The third kappa shape index (κ3) is 5.13. The molecule has 0 bridgehead atoms. The van der Waals surface area contributed by atoms with Gasteiger partial charge in [-0.15, -0.1) is 0 Å². The van der Waals surface area contributed by atoms with Gasteiger partial charge in [-0.25, -0.2) is 4.79 Å². The quantitative estimate of drug-likeness (QED) is 0.741. The molecular formula is C16H22N2O4. The van der Waals surface area contributed by atoms with E-state index in [0.717, 1.165) is 5.56 Å². The Morgan fingerprint density at radius 1 is 1.50 bits per heavy atom. The molecule has 22 heavy (non-hydrogen) atoms. The van der Waals surface area contributed by atoms with Crippen molar-refractivity contribution in [2.45, 2.75) is 31.1 Å². The topological polar surface area (TPSA) is 80.2 Å². The van der Waals surface area contributed by atoms with Gasteiger partial charge in [-0.3, -0.25) is 4.99 Å². The van der Waals surface area contributed by atoms with Crippen LogP contribution in [-0.2, 0) is 15.9 Å². The molecule has 3 atom stereocenters. The molecule has 0 saturated carbocycles. The highest BCUT2D eigenvalue weighted by molar-refractivity contribution is 5.68. The zero-order valence-electron chi connectivity index (χ0n) is 12.5. The van der Waals surface area contributed by atoms with E-state index in [0.29, 0.717) is 26.1 Å². The summed E-state index contributed by atoms with van der Waals surface area (Å²) in [5.74, 6) is 0. The lowest BCUT2D eigenvalue weighted by atomic mass is 10.0. The Bertz CT molecular complexity index is 474. The standard InChI is InChI=1S/C16H22N2O4/c1-17-10-15(19)14(9-12-5-3-2-4-6-12)18-16(20)22-13-7-8-21-11-13/h2-6,13-15,19H,1,7-11H2,(H,18,20)/t13-,14-,15+/m0/s1. The summed E-state index contributed by atoms with van der Waals surface area (Å²) in [6.07, 6.45) is -0.377. The first-order chi connectivity index (χ1) is 10.7. The fourth-order valence-corrected chi connectivity index (χ4v) is 2.35. The lowest BCUT2D eigenvalue weighted by molar-refractivity contribution is 0.0705. The van der Waals surface area contributed by atoms with Gasteiger partial charge in [-0.2, -0.15) is 0 Å². The average Bonchev–Trinajstić information content (AvgIpc) is 3.00. The van der Waals surface area contributed by atoms with Crippen molar-refractivity contribution < 1.29 is 19.4 Å². The average molecular weight is 306 g/mol. The second kappa shape index (κ2) is 8.51. The van der Waals surface area contributed by atoms with Crippen molar-refractivity contribution in [3.05, 3.63) is 35.9 Å². The van der Waals surface area contributed by atoms with Crippen molar-refractivity contribution in [3.63, 3.8) is 0 Å². The van der Waals surface area contributed by atoms with Crippen LogP contribution in [0, 0.1) is 0 Å². The van der Waals surface area contributed by atoms with Crippen LogP contribution < -0.4 is 5.32 Å². The molecule has 1 amide bonds. The van der Waals surface area contributed by atoms with Crippen LogP contribution in [-0.4, -0.2) is 55.9 Å². The lowest BCUT2D eigenvalue weighted by Crippen LogP contribution is -2.47. The molecule has 0 unspecified atom stereocenters. The van der Waals surface area contributed by atoms with E-state index in [2.05, 4.69) is 17.0 Å². The molecule has 2 N–H and O–H groups in total. The predicted octanol–water partition coefficient (Wildman–Crippen LogP) is 1.17. The van der Waals surface area contributed by atoms with Gasteiger partial charge in [0.15, 0.2) is 0 Å². The molecule has 6 nitrogen and oxygen atoms in total. The lowest BCUT2D eigenvalue weighted by Gasteiger charge is -2.23. The van der Waals surface area contributed by atoms with Crippen molar-refractivity contribution in [2.24, 2.45) is 4.99 Å². The monoisotopic (exact) mass is 306 g/mol. The molecule has 1 aliphatic rings. The Kier molecular flexibility index (Phi) is 6.36. The van der Waals surface area contributed by atoms with Crippen LogP contribution in [0.3, 0.4) is 0 Å². The van der Waals surface area contributed by atoms with E-state index >= 15 is 0 Å². The van der Waals surface area contributed by atoms with Gasteiger partial charge in [0, 0.05) is 6.42 Å². The number of benzene rings is 1. The molecule has 120 valence electrons. The molecule has 1 fully saturated rings. The van der Waals surface area contributed by atoms with Gasteiger partial charge in [-0.05, 0) is 18.7 Å². The Balaban J connectivity index is 1.94. The van der Waals surface area contributed by atoms with E-state index in [1.165, 1.54) is 0 Å². The maximum Gasteiger partial charge on any atom is 0.407 e. The highest BCUT2D eigenvalue weighted by atomic mass is 16.6. The Morgan fingerprint density at radius 2 is 2.27 bits per heavy atom. The van der Waals surface area contributed by atoms with Crippen LogP contribution in [0.2, 0.25) is 0 Å². The number of aliphatic hydroxyl groups is 1. The number of carbonyl (C=O) groups excluding carboxylic acids is 1. The summed E-state index contributed by atoms with van der Waals surface area (Å²) in [6, 6.07) is 9.15. The van der Waals surface area contributed by atoms with Crippen molar-refractivity contribution >= 4 is 12.8 Å². The summed E-state index contributed by atoms with van der Waals surface area (Å²) < 4.78 is 10.4. The second-order valence-corrected chi connectivity index (χ2v) is 5.30. The highest BCUT2D eigenvalue weighted by Crippen LogP contribution is 2.10. The van der Waals surface area contributed by atoms with Crippen LogP contribution in [0.1, 0.15) is 12.0 Å². The smallest absolute Gasteiger partial charge is 0.407 e. The van der Waals surface area contributed by atoms with E-state index in [-0.39, 0.29) is 12.6 Å². The summed E-state index contributed by atoms with van der Waals surface area (Å²) in [7, 11) is 0. The fraction of sp³-hybridized carbons (Fsp3) is 0.500. The molecule has 1 aromatic carbocycles. The maximum atomic E-state index is 12.0. The first kappa shape index (κ1) is 16.5. The molecule has 0 spiro atoms. The van der Waals surface area contributed by atoms with E-state index in [1.54, 1.807) is 0 Å². The van der Waals surface area contributed by atoms with Crippen molar-refractivity contribution in [1.29, 1.82) is 0 Å². The van der Waals surface area contributed by atoms with E-state index in [4.69, 9.17) is 9.47 Å². The zero-order valence-corrected chi connectivity index (χ0v) is 12.5. The van der Waals surface area contributed by atoms with Crippen LogP contribution in [0.5, 0.6) is 0 Å². The van der Waals surface area contributed by atoms with Gasteiger partial charge in [0.25, 0.3) is 0 Å². The maximum absolute atomic E-state index is 12.0. The van der Waals surface area contributed by atoms with Crippen LogP contribution in [0.25, 0.3) is 0 Å². The number of amides is 1. The first-order valence-corrected chi connectivity index (χ1v) is 7.38. The van der Waals surface area contributed by atoms with Crippen molar-refractivity contribution in [2.75, 3.05) is 19.8 Å². The van der Waals surface area contributed by atoms with Crippen LogP contribution in [0.4, 0.5) is 4.79 Å². The zero-order chi connectivity index (χ0) is 15.8. The normalized spacial score (nSPS) is 20.1. The van der Waals surface area contributed by atoms with Crippen LogP contribution >= 0.6 is 0 Å². The molecule has 0 aromatic heterocycles. The number of hydrogen-bond donors (Lipinski definition) is 2. The van der Waals surface area contributed by atoms with Gasteiger partial charge in [0.1, 0.15) is 6.10 Å². The molecule has 0 radical (unpaired) electrons. The highest BCUT2D eigenvalue weighted by Gasteiger charge is 2.25. The number of hydrogen-bond acceptors (Lipinski definition) is 5. The van der Waals surface area contributed by atoms with Gasteiger partial charge in [-0.1, -0.05) is 30.3 Å². The summed E-state index contributed by atoms with van der Waals surface area (Å²) in [5.41, 5.74) is 1.01. The van der Waals surface area contributed by atoms with Gasteiger partial charge >= 0.3 is 6.09 Å². The minimum Gasteiger partial charge on any atom is -0.444 e. The number of carbonyl (C=O) groups is 1. The van der Waals surface area contributed by atoms with Crippen molar-refractivity contribution in [1.82, 2.24) is 5.32 Å². The Hall–Kier alpha value is -1.92. The number of nitrogens with one attached hydrogen (secondary N) is 1. The van der Waals surface area contributed by atoms with E-state index < -0.39 is 18.2 Å². The molecular weight excluding hydrogens is 284 g/mol. The number of nitrogens with zero attached hydrogens (tertiary/aromatic N) is 1. The second-order valence-electron chi connectivity index (χ2n) is 5.30. The minimum absolute atomic E-state index is 0.157. The Labute approximate surface area is 130 Å². The van der Waals surface area contributed by atoms with Crippen LogP contribution in [0.15, 0.2) is 35.3 Å². The largest absolute Gasteiger partial charge is 0.444 e. The summed E-state index contributed by atoms with van der Waals surface area (Å²) in [6.45, 7) is 4.57. The molecule has 1 heterocycles. The van der Waals surface area contributed by atoms with Gasteiger partial charge in [0.2, 0.25) is 0 Å². The number of rotatable bonds is 7. The number of aliphatic hydroxyl groups excluding tert-OH is 1. The van der Waals surface area contributed by atoms with Gasteiger partial charge < -0.3 is 19.9 Å². The fourth-order valence-electron chi connectivity index (χ4n) is 2.35. The molecule has 2 rings (SSSR count). The minimum atomic E-state index is -0.815. The van der Waals surface area contributed by atoms with E-state index in [1.807, 2.05) is 30.3 Å². The first-order valence-electron chi connectivity index (χ1n) is 7.38. The summed E-state index contributed by atoms with van der Waals surface area (Å²) >= 11 is 0. The number of ether oxygens (including phenoxy) is 2. The third-order valence-corrected chi connectivity index (χ3v) is 3.54. The molecule has 6 heteroatoms. The summed E-state index contributed by atoms with van der Waals surface area (Å²) in [4.78, 5) is 15.7. The van der Waals surface area contributed by atoms with Crippen molar-refractivity contribution in [3.8, 4) is 0 Å². The summed E-state index contributed by atoms with van der Waals surface area (Å²) in [5, 5.41) is 12.9. The molecule has 0 aliphatic carbocycles. The Morgan fingerprint density at radius 3 is 2.91 bits per heavy atom. The SMILES string of the molecule is C=NC[C@@H](O)[C@H](Cc1ccccc1)NC(=O)O[C@H]1CCOC1. The molecule has 1 aliphatic heterocycles. The molecule has 1 saturated heterocycles. The number of aliphatic imine (C=N–C) groups is 1. The third-order valence-electron chi connectivity index (χ3n) is 3.54.